The monoisotopic (exact) mass is 263 g/mol. The Morgan fingerprint density at radius 2 is 1.93 bits per heavy atom. The van der Waals surface area contributed by atoms with Crippen LogP contribution in [-0.2, 0) is 6.61 Å². The largest absolute Gasteiger partial charge is 0.489 e. The number of hydrogen-bond acceptors (Lipinski definition) is 2. The van der Waals surface area contributed by atoms with Crippen molar-refractivity contribution in [2.75, 3.05) is 0 Å². The standard InChI is InChI=1S/C12H10BrNO/c13-12-8-14-7-6-10(12)9-15-11-4-2-1-3-5-11/h1-8H,9H2. The molecule has 1 aromatic carbocycles. The molecule has 0 aliphatic rings. The minimum absolute atomic E-state index is 0.549. The molecule has 0 unspecified atom stereocenters. The number of benzene rings is 1. The van der Waals surface area contributed by atoms with Crippen molar-refractivity contribution in [1.82, 2.24) is 4.98 Å². The zero-order chi connectivity index (χ0) is 10.5. The number of aromatic nitrogens is 1. The smallest absolute Gasteiger partial charge is 0.119 e. The average molecular weight is 264 g/mol. The van der Waals surface area contributed by atoms with E-state index < -0.39 is 0 Å². The lowest BCUT2D eigenvalue weighted by atomic mass is 10.3. The van der Waals surface area contributed by atoms with Crippen molar-refractivity contribution < 1.29 is 4.74 Å². The van der Waals surface area contributed by atoms with E-state index in [2.05, 4.69) is 20.9 Å². The summed E-state index contributed by atoms with van der Waals surface area (Å²) in [5.41, 5.74) is 1.09. The third-order valence-electron chi connectivity index (χ3n) is 1.99. The van der Waals surface area contributed by atoms with Crippen molar-refractivity contribution in [3.63, 3.8) is 0 Å². The summed E-state index contributed by atoms with van der Waals surface area (Å²) in [4.78, 5) is 4.00. The maximum atomic E-state index is 5.62. The Labute approximate surface area is 97.1 Å². The van der Waals surface area contributed by atoms with Gasteiger partial charge in [0.2, 0.25) is 0 Å². The van der Waals surface area contributed by atoms with E-state index >= 15 is 0 Å². The van der Waals surface area contributed by atoms with E-state index in [0.717, 1.165) is 15.8 Å². The highest BCUT2D eigenvalue weighted by atomic mass is 79.9. The summed E-state index contributed by atoms with van der Waals surface area (Å²) in [5, 5.41) is 0. The fourth-order valence-electron chi connectivity index (χ4n) is 1.20. The third-order valence-corrected chi connectivity index (χ3v) is 2.71. The number of pyridine rings is 1. The maximum absolute atomic E-state index is 5.62. The average Bonchev–Trinajstić information content (AvgIpc) is 2.29. The quantitative estimate of drug-likeness (QED) is 0.847. The van der Waals surface area contributed by atoms with Crippen LogP contribution in [0, 0.1) is 0 Å². The van der Waals surface area contributed by atoms with Crippen LogP contribution in [0.4, 0.5) is 0 Å². The minimum Gasteiger partial charge on any atom is -0.489 e. The summed E-state index contributed by atoms with van der Waals surface area (Å²) in [6, 6.07) is 11.7. The molecule has 0 aliphatic carbocycles. The number of para-hydroxylation sites is 1. The first kappa shape index (κ1) is 10.2. The summed E-state index contributed by atoms with van der Waals surface area (Å²) in [7, 11) is 0. The Balaban J connectivity index is 2.03. The second-order valence-electron chi connectivity index (χ2n) is 3.07. The SMILES string of the molecule is Brc1cnccc1COc1ccccc1. The molecule has 0 saturated heterocycles. The molecule has 1 heterocycles. The van der Waals surface area contributed by atoms with E-state index in [1.165, 1.54) is 0 Å². The molecule has 0 aliphatic heterocycles. The van der Waals surface area contributed by atoms with Crippen LogP contribution in [0.15, 0.2) is 53.3 Å². The van der Waals surface area contributed by atoms with Crippen molar-refractivity contribution >= 4 is 15.9 Å². The van der Waals surface area contributed by atoms with Gasteiger partial charge in [-0.2, -0.15) is 0 Å². The van der Waals surface area contributed by atoms with E-state index in [9.17, 15) is 0 Å². The minimum atomic E-state index is 0.549. The van der Waals surface area contributed by atoms with Crippen LogP contribution in [0.2, 0.25) is 0 Å². The highest BCUT2D eigenvalue weighted by Crippen LogP contribution is 2.17. The van der Waals surface area contributed by atoms with Crippen LogP contribution in [0.25, 0.3) is 0 Å². The fraction of sp³-hybridized carbons (Fsp3) is 0.0833. The number of ether oxygens (including phenoxy) is 1. The van der Waals surface area contributed by atoms with Gasteiger partial charge in [0.15, 0.2) is 0 Å². The molecule has 0 saturated carbocycles. The number of nitrogens with zero attached hydrogens (tertiary/aromatic N) is 1. The van der Waals surface area contributed by atoms with Crippen molar-refractivity contribution in [1.29, 1.82) is 0 Å². The van der Waals surface area contributed by atoms with E-state index in [1.54, 1.807) is 12.4 Å². The lowest BCUT2D eigenvalue weighted by molar-refractivity contribution is 0.305. The first-order chi connectivity index (χ1) is 7.36. The van der Waals surface area contributed by atoms with Crippen molar-refractivity contribution in [3.8, 4) is 5.75 Å². The lowest BCUT2D eigenvalue weighted by Gasteiger charge is -2.06. The molecule has 0 atom stereocenters. The van der Waals surface area contributed by atoms with Gasteiger partial charge in [-0.1, -0.05) is 18.2 Å². The van der Waals surface area contributed by atoms with E-state index in [1.807, 2.05) is 36.4 Å². The Hall–Kier alpha value is -1.35. The zero-order valence-electron chi connectivity index (χ0n) is 8.06. The molecule has 15 heavy (non-hydrogen) atoms. The van der Waals surface area contributed by atoms with Crippen LogP contribution in [0.5, 0.6) is 5.75 Å². The summed E-state index contributed by atoms with van der Waals surface area (Å²) in [6.07, 6.45) is 3.53. The normalized spacial score (nSPS) is 9.93. The molecule has 0 amide bonds. The number of hydrogen-bond donors (Lipinski definition) is 0. The van der Waals surface area contributed by atoms with E-state index in [4.69, 9.17) is 4.74 Å². The van der Waals surface area contributed by atoms with Gasteiger partial charge >= 0.3 is 0 Å². The molecular weight excluding hydrogens is 254 g/mol. The van der Waals surface area contributed by atoms with Gasteiger partial charge in [-0.3, -0.25) is 4.98 Å². The highest BCUT2D eigenvalue weighted by molar-refractivity contribution is 9.10. The maximum Gasteiger partial charge on any atom is 0.119 e. The summed E-state index contributed by atoms with van der Waals surface area (Å²) in [5.74, 6) is 0.876. The molecule has 0 fully saturated rings. The first-order valence-electron chi connectivity index (χ1n) is 4.62. The predicted molar refractivity (Wildman–Crippen MR) is 62.7 cm³/mol. The van der Waals surface area contributed by atoms with Crippen molar-refractivity contribution in [3.05, 3.63) is 58.8 Å². The van der Waals surface area contributed by atoms with Crippen LogP contribution in [0.3, 0.4) is 0 Å². The first-order valence-corrected chi connectivity index (χ1v) is 5.42. The van der Waals surface area contributed by atoms with Crippen molar-refractivity contribution in [2.24, 2.45) is 0 Å². The molecule has 0 radical (unpaired) electrons. The van der Waals surface area contributed by atoms with Gasteiger partial charge in [-0.25, -0.2) is 0 Å². The molecule has 0 N–H and O–H groups in total. The predicted octanol–water partition coefficient (Wildman–Crippen LogP) is 3.42. The van der Waals surface area contributed by atoms with Crippen LogP contribution in [0.1, 0.15) is 5.56 Å². The van der Waals surface area contributed by atoms with Gasteiger partial charge in [0.25, 0.3) is 0 Å². The summed E-state index contributed by atoms with van der Waals surface area (Å²) >= 11 is 3.43. The Kier molecular flexibility index (Phi) is 3.35. The Morgan fingerprint density at radius 1 is 1.13 bits per heavy atom. The van der Waals surface area contributed by atoms with Crippen LogP contribution < -0.4 is 4.74 Å². The molecule has 3 heteroatoms. The molecule has 1 aromatic heterocycles. The topological polar surface area (TPSA) is 22.1 Å². The molecule has 0 spiro atoms. The van der Waals surface area contributed by atoms with Gasteiger partial charge in [0, 0.05) is 22.4 Å². The Morgan fingerprint density at radius 3 is 2.67 bits per heavy atom. The number of halogens is 1. The number of rotatable bonds is 3. The molecule has 2 nitrogen and oxygen atoms in total. The van der Waals surface area contributed by atoms with Crippen molar-refractivity contribution in [2.45, 2.75) is 6.61 Å². The second kappa shape index (κ2) is 4.94. The third kappa shape index (κ3) is 2.80. The van der Waals surface area contributed by atoms with Gasteiger partial charge in [0.05, 0.1) is 0 Å². The molecular formula is C12H10BrNO. The van der Waals surface area contributed by atoms with E-state index in [-0.39, 0.29) is 0 Å². The van der Waals surface area contributed by atoms with Crippen LogP contribution >= 0.6 is 15.9 Å². The molecule has 2 aromatic rings. The summed E-state index contributed by atoms with van der Waals surface area (Å²) in [6.45, 7) is 0.549. The van der Waals surface area contributed by atoms with E-state index in [0.29, 0.717) is 6.61 Å². The van der Waals surface area contributed by atoms with Gasteiger partial charge in [0.1, 0.15) is 12.4 Å². The molecule has 76 valence electrons. The van der Waals surface area contributed by atoms with Gasteiger partial charge < -0.3 is 4.74 Å². The lowest BCUT2D eigenvalue weighted by Crippen LogP contribution is -1.96. The van der Waals surface area contributed by atoms with Crippen LogP contribution in [-0.4, -0.2) is 4.98 Å². The summed E-state index contributed by atoms with van der Waals surface area (Å²) < 4.78 is 6.59. The van der Waals surface area contributed by atoms with Gasteiger partial charge in [-0.15, -0.1) is 0 Å². The fourth-order valence-corrected chi connectivity index (χ4v) is 1.56. The molecule has 2 rings (SSSR count). The highest BCUT2D eigenvalue weighted by Gasteiger charge is 1.99. The molecule has 0 bridgehead atoms. The second-order valence-corrected chi connectivity index (χ2v) is 3.92. The zero-order valence-corrected chi connectivity index (χ0v) is 9.65. The van der Waals surface area contributed by atoms with Gasteiger partial charge in [-0.05, 0) is 34.1 Å². The Bertz CT molecular complexity index is 431.